The van der Waals surface area contributed by atoms with E-state index in [0.29, 0.717) is 23.9 Å². The largest absolute Gasteiger partial charge is 0.375 e. The van der Waals surface area contributed by atoms with Gasteiger partial charge in [-0.25, -0.2) is 4.98 Å². The summed E-state index contributed by atoms with van der Waals surface area (Å²) in [6.45, 7) is 3.28. The molecule has 3 rings (SSSR count). The minimum atomic E-state index is -0.115. The third-order valence-corrected chi connectivity index (χ3v) is 3.98. The summed E-state index contributed by atoms with van der Waals surface area (Å²) in [6.07, 6.45) is 0.826. The molecule has 4 nitrogen and oxygen atoms in total. The Bertz CT molecular complexity index is 598. The maximum Gasteiger partial charge on any atom is 0.257 e. The number of benzene rings is 1. The normalized spacial score (nSPS) is 13.9. The summed E-state index contributed by atoms with van der Waals surface area (Å²) in [5.41, 5.74) is 2.78. The molecule has 0 radical (unpaired) electrons. The third-order valence-electron chi connectivity index (χ3n) is 3.00. The number of nitrogens with one attached hydrogen (secondary N) is 1. The van der Waals surface area contributed by atoms with Gasteiger partial charge in [0.1, 0.15) is 0 Å². The zero-order chi connectivity index (χ0) is 13.2. The predicted molar refractivity (Wildman–Crippen MR) is 74.6 cm³/mol. The molecule has 0 saturated carbocycles. The summed E-state index contributed by atoms with van der Waals surface area (Å²) < 4.78 is 5.37. The number of ether oxygens (including phenoxy) is 1. The van der Waals surface area contributed by atoms with Gasteiger partial charge in [-0.1, -0.05) is 29.0 Å². The van der Waals surface area contributed by atoms with E-state index in [1.807, 2.05) is 25.1 Å². The van der Waals surface area contributed by atoms with Crippen molar-refractivity contribution in [2.45, 2.75) is 20.0 Å². The molecular formula is C14H14N2O2S. The lowest BCUT2D eigenvalue weighted by molar-refractivity contribution is 0.102. The van der Waals surface area contributed by atoms with Crippen LogP contribution < -0.4 is 5.32 Å². The van der Waals surface area contributed by atoms with E-state index < -0.39 is 0 Å². The van der Waals surface area contributed by atoms with Crippen LogP contribution in [-0.4, -0.2) is 17.5 Å². The lowest BCUT2D eigenvalue weighted by atomic mass is 10.1. The molecule has 98 valence electrons. The molecule has 19 heavy (non-hydrogen) atoms. The van der Waals surface area contributed by atoms with Crippen molar-refractivity contribution < 1.29 is 9.53 Å². The molecule has 1 aromatic carbocycles. The number of aryl methyl sites for hydroxylation is 1. The Labute approximate surface area is 115 Å². The van der Waals surface area contributed by atoms with Gasteiger partial charge >= 0.3 is 0 Å². The first-order chi connectivity index (χ1) is 9.22. The number of amides is 1. The number of fused-ring (bicyclic) bond motifs is 1. The van der Waals surface area contributed by atoms with Gasteiger partial charge in [0.05, 0.1) is 23.8 Å². The minimum absolute atomic E-state index is 0.115. The summed E-state index contributed by atoms with van der Waals surface area (Å²) in [5.74, 6) is -0.115. The molecule has 1 N–H and O–H groups in total. The lowest BCUT2D eigenvalue weighted by Gasteiger charge is -2.08. The van der Waals surface area contributed by atoms with Gasteiger partial charge in [0.25, 0.3) is 5.91 Å². The van der Waals surface area contributed by atoms with Crippen molar-refractivity contribution in [3.05, 3.63) is 46.0 Å². The van der Waals surface area contributed by atoms with Crippen LogP contribution in [0.1, 0.15) is 26.5 Å². The van der Waals surface area contributed by atoms with Gasteiger partial charge in [-0.3, -0.25) is 10.1 Å². The number of hydrogen-bond acceptors (Lipinski definition) is 4. The SMILES string of the molecule is Cc1cccc(C(=O)Nc2nc3c(s2)COCC3)c1. The van der Waals surface area contributed by atoms with E-state index in [4.69, 9.17) is 4.74 Å². The highest BCUT2D eigenvalue weighted by Gasteiger charge is 2.17. The van der Waals surface area contributed by atoms with E-state index in [0.717, 1.165) is 22.6 Å². The first-order valence-corrected chi connectivity index (χ1v) is 6.98. The van der Waals surface area contributed by atoms with Crippen LogP contribution in [0.5, 0.6) is 0 Å². The first kappa shape index (κ1) is 12.3. The molecule has 2 heterocycles. The number of anilines is 1. The summed E-state index contributed by atoms with van der Waals surface area (Å²) in [6, 6.07) is 7.52. The van der Waals surface area contributed by atoms with Crippen LogP contribution in [0.15, 0.2) is 24.3 Å². The van der Waals surface area contributed by atoms with Gasteiger partial charge in [0.2, 0.25) is 0 Å². The monoisotopic (exact) mass is 274 g/mol. The number of thiazole rings is 1. The van der Waals surface area contributed by atoms with Gasteiger partial charge in [-0.2, -0.15) is 0 Å². The zero-order valence-corrected chi connectivity index (χ0v) is 11.4. The fourth-order valence-electron chi connectivity index (χ4n) is 2.03. The topological polar surface area (TPSA) is 51.2 Å². The Balaban J connectivity index is 1.77. The predicted octanol–water partition coefficient (Wildman–Crippen LogP) is 2.78. The van der Waals surface area contributed by atoms with Crippen molar-refractivity contribution in [2.24, 2.45) is 0 Å². The Morgan fingerprint density at radius 2 is 2.37 bits per heavy atom. The summed E-state index contributed by atoms with van der Waals surface area (Å²) >= 11 is 1.49. The fraction of sp³-hybridized carbons (Fsp3) is 0.286. The van der Waals surface area contributed by atoms with E-state index in [2.05, 4.69) is 10.3 Å². The molecular weight excluding hydrogens is 260 g/mol. The van der Waals surface area contributed by atoms with Gasteiger partial charge in [0.15, 0.2) is 5.13 Å². The Kier molecular flexibility index (Phi) is 3.31. The second-order valence-corrected chi connectivity index (χ2v) is 5.60. The zero-order valence-electron chi connectivity index (χ0n) is 10.6. The molecule has 0 fully saturated rings. The van der Waals surface area contributed by atoms with Crippen LogP contribution in [0.3, 0.4) is 0 Å². The van der Waals surface area contributed by atoms with Gasteiger partial charge in [0, 0.05) is 12.0 Å². The van der Waals surface area contributed by atoms with Crippen LogP contribution in [0.25, 0.3) is 0 Å². The summed E-state index contributed by atoms with van der Waals surface area (Å²) in [7, 11) is 0. The molecule has 1 aliphatic heterocycles. The van der Waals surface area contributed by atoms with Crippen LogP contribution in [-0.2, 0) is 17.8 Å². The quantitative estimate of drug-likeness (QED) is 0.916. The summed E-state index contributed by atoms with van der Waals surface area (Å²) in [5, 5.41) is 3.51. The minimum Gasteiger partial charge on any atom is -0.375 e. The van der Waals surface area contributed by atoms with Crippen molar-refractivity contribution in [2.75, 3.05) is 11.9 Å². The van der Waals surface area contributed by atoms with Gasteiger partial charge in [-0.15, -0.1) is 0 Å². The highest BCUT2D eigenvalue weighted by molar-refractivity contribution is 7.15. The van der Waals surface area contributed by atoms with Gasteiger partial charge in [-0.05, 0) is 19.1 Å². The van der Waals surface area contributed by atoms with E-state index in [9.17, 15) is 4.79 Å². The molecule has 2 aromatic rings. The number of nitrogens with zero attached hydrogens (tertiary/aromatic N) is 1. The maximum atomic E-state index is 12.1. The smallest absolute Gasteiger partial charge is 0.257 e. The molecule has 0 spiro atoms. The Morgan fingerprint density at radius 3 is 3.16 bits per heavy atom. The maximum absolute atomic E-state index is 12.1. The molecule has 1 aromatic heterocycles. The highest BCUT2D eigenvalue weighted by atomic mass is 32.1. The number of rotatable bonds is 2. The van der Waals surface area contributed by atoms with E-state index in [1.54, 1.807) is 6.07 Å². The molecule has 0 unspecified atom stereocenters. The van der Waals surface area contributed by atoms with Crippen LogP contribution in [0.2, 0.25) is 0 Å². The fourth-order valence-corrected chi connectivity index (χ4v) is 2.97. The Morgan fingerprint density at radius 1 is 1.47 bits per heavy atom. The van der Waals surface area contributed by atoms with Crippen LogP contribution in [0.4, 0.5) is 5.13 Å². The van der Waals surface area contributed by atoms with E-state index in [-0.39, 0.29) is 5.91 Å². The highest BCUT2D eigenvalue weighted by Crippen LogP contribution is 2.27. The molecule has 1 amide bonds. The van der Waals surface area contributed by atoms with Crippen LogP contribution >= 0.6 is 11.3 Å². The second-order valence-electron chi connectivity index (χ2n) is 4.52. The molecule has 5 heteroatoms. The van der Waals surface area contributed by atoms with Crippen molar-refractivity contribution in [1.82, 2.24) is 4.98 Å². The number of carbonyl (C=O) groups excluding carboxylic acids is 1. The van der Waals surface area contributed by atoms with E-state index in [1.165, 1.54) is 11.3 Å². The average Bonchev–Trinajstić information content (AvgIpc) is 2.80. The Hall–Kier alpha value is -1.72. The summed E-state index contributed by atoms with van der Waals surface area (Å²) in [4.78, 5) is 17.7. The molecule has 1 aliphatic rings. The van der Waals surface area contributed by atoms with Crippen molar-refractivity contribution >= 4 is 22.4 Å². The number of aromatic nitrogens is 1. The molecule has 0 saturated heterocycles. The van der Waals surface area contributed by atoms with Crippen molar-refractivity contribution in [1.29, 1.82) is 0 Å². The molecule has 0 aliphatic carbocycles. The molecule has 0 bridgehead atoms. The van der Waals surface area contributed by atoms with Crippen LogP contribution in [0, 0.1) is 6.92 Å². The third kappa shape index (κ3) is 2.67. The van der Waals surface area contributed by atoms with Crippen molar-refractivity contribution in [3.8, 4) is 0 Å². The first-order valence-electron chi connectivity index (χ1n) is 6.17. The standard InChI is InChI=1S/C14H14N2O2S/c1-9-3-2-4-10(7-9)13(17)16-14-15-11-5-6-18-8-12(11)19-14/h2-4,7H,5-6,8H2,1H3,(H,15,16,17). The number of hydrogen-bond donors (Lipinski definition) is 1. The van der Waals surface area contributed by atoms with Gasteiger partial charge < -0.3 is 4.74 Å². The van der Waals surface area contributed by atoms with E-state index >= 15 is 0 Å². The average molecular weight is 274 g/mol. The lowest BCUT2D eigenvalue weighted by Crippen LogP contribution is -2.12. The number of carbonyl (C=O) groups is 1. The van der Waals surface area contributed by atoms with Crippen molar-refractivity contribution in [3.63, 3.8) is 0 Å². The second kappa shape index (κ2) is 5.11. The molecule has 0 atom stereocenters.